The molecule has 0 amide bonds. The van der Waals surface area contributed by atoms with Gasteiger partial charge in [-0.25, -0.2) is 0 Å². The van der Waals surface area contributed by atoms with E-state index in [0.29, 0.717) is 19.6 Å². The quantitative estimate of drug-likeness (QED) is 0.724. The second kappa shape index (κ2) is 8.11. The number of halogens is 1. The van der Waals surface area contributed by atoms with Crippen LogP contribution < -0.4 is 10.1 Å². The molecule has 0 saturated heterocycles. The van der Waals surface area contributed by atoms with Crippen molar-refractivity contribution < 1.29 is 14.6 Å². The first kappa shape index (κ1) is 15.0. The van der Waals surface area contributed by atoms with E-state index in [1.807, 2.05) is 31.2 Å². The minimum absolute atomic E-state index is 0.453. The van der Waals surface area contributed by atoms with Crippen LogP contribution in [-0.2, 0) is 4.79 Å². The molecule has 0 aromatic heterocycles. The van der Waals surface area contributed by atoms with E-state index in [9.17, 15) is 4.79 Å². The number of aliphatic carboxylic acids is 1. The fourth-order valence-corrected chi connectivity index (χ4v) is 1.80. The highest BCUT2D eigenvalue weighted by Gasteiger charge is 2.14. The van der Waals surface area contributed by atoms with Crippen LogP contribution in [0.5, 0.6) is 5.75 Å². The summed E-state index contributed by atoms with van der Waals surface area (Å²) in [5.74, 6) is -0.0251. The van der Waals surface area contributed by atoms with Gasteiger partial charge >= 0.3 is 5.97 Å². The maximum Gasteiger partial charge on any atom is 0.320 e. The van der Waals surface area contributed by atoms with Crippen molar-refractivity contribution in [2.45, 2.75) is 25.8 Å². The molecule has 1 rings (SSSR count). The van der Waals surface area contributed by atoms with Crippen molar-refractivity contribution in [3.8, 4) is 5.75 Å². The molecule has 1 aromatic carbocycles. The van der Waals surface area contributed by atoms with Crippen LogP contribution in [0.4, 0.5) is 0 Å². The highest BCUT2D eigenvalue weighted by atomic mass is 79.9. The van der Waals surface area contributed by atoms with E-state index in [1.165, 1.54) is 0 Å². The molecule has 18 heavy (non-hydrogen) atoms. The minimum atomic E-state index is -0.805. The van der Waals surface area contributed by atoms with Gasteiger partial charge in [-0.15, -0.1) is 0 Å². The van der Waals surface area contributed by atoms with Crippen LogP contribution in [0.1, 0.15) is 19.8 Å². The number of carboxylic acids is 1. The molecule has 5 heteroatoms. The zero-order chi connectivity index (χ0) is 13.4. The zero-order valence-corrected chi connectivity index (χ0v) is 11.9. The van der Waals surface area contributed by atoms with Crippen molar-refractivity contribution in [1.29, 1.82) is 0 Å². The summed E-state index contributed by atoms with van der Waals surface area (Å²) in [4.78, 5) is 10.9. The summed E-state index contributed by atoms with van der Waals surface area (Å²) in [7, 11) is 0. The Morgan fingerprint density at radius 3 is 2.67 bits per heavy atom. The minimum Gasteiger partial charge on any atom is -0.492 e. The van der Waals surface area contributed by atoms with E-state index in [0.717, 1.165) is 16.6 Å². The Hall–Kier alpha value is -1.07. The first-order valence-electron chi connectivity index (χ1n) is 5.98. The Labute approximate surface area is 115 Å². The fraction of sp³-hybridized carbons (Fsp3) is 0.462. The topological polar surface area (TPSA) is 58.6 Å². The predicted molar refractivity (Wildman–Crippen MR) is 74.0 cm³/mol. The average Bonchev–Trinajstić information content (AvgIpc) is 2.35. The third-order valence-electron chi connectivity index (χ3n) is 2.45. The maximum atomic E-state index is 10.9. The number of carbonyl (C=O) groups is 1. The van der Waals surface area contributed by atoms with Crippen molar-refractivity contribution in [3.05, 3.63) is 28.7 Å². The molecule has 2 N–H and O–H groups in total. The van der Waals surface area contributed by atoms with Crippen LogP contribution >= 0.6 is 15.9 Å². The lowest BCUT2D eigenvalue weighted by Crippen LogP contribution is -2.38. The van der Waals surface area contributed by atoms with Crippen molar-refractivity contribution in [3.63, 3.8) is 0 Å². The Morgan fingerprint density at radius 2 is 2.11 bits per heavy atom. The van der Waals surface area contributed by atoms with Gasteiger partial charge in [-0.1, -0.05) is 29.3 Å². The largest absolute Gasteiger partial charge is 0.492 e. The van der Waals surface area contributed by atoms with Gasteiger partial charge in [0.2, 0.25) is 0 Å². The van der Waals surface area contributed by atoms with Gasteiger partial charge in [0.25, 0.3) is 0 Å². The van der Waals surface area contributed by atoms with Gasteiger partial charge in [0.15, 0.2) is 0 Å². The van der Waals surface area contributed by atoms with Crippen LogP contribution in [0.15, 0.2) is 28.7 Å². The summed E-state index contributed by atoms with van der Waals surface area (Å²) in [6.45, 7) is 2.94. The second-order valence-electron chi connectivity index (χ2n) is 3.94. The standard InChI is InChI=1S/C13H18BrNO3/c1-2-3-12(13(16)17)15-8-9-18-11-6-4-10(14)5-7-11/h4-7,12,15H,2-3,8-9H2,1H3,(H,16,17). The van der Waals surface area contributed by atoms with Crippen LogP contribution in [0.25, 0.3) is 0 Å². The number of benzene rings is 1. The number of rotatable bonds is 8. The average molecular weight is 316 g/mol. The number of hydrogen-bond donors (Lipinski definition) is 2. The first-order chi connectivity index (χ1) is 8.63. The maximum absolute atomic E-state index is 10.9. The molecule has 1 atom stereocenters. The lowest BCUT2D eigenvalue weighted by Gasteiger charge is -2.13. The monoisotopic (exact) mass is 315 g/mol. The molecule has 1 aromatic rings. The van der Waals surface area contributed by atoms with Gasteiger partial charge in [-0.3, -0.25) is 4.79 Å². The van der Waals surface area contributed by atoms with Crippen molar-refractivity contribution in [2.24, 2.45) is 0 Å². The molecule has 0 radical (unpaired) electrons. The van der Waals surface area contributed by atoms with Crippen LogP contribution in [0, 0.1) is 0 Å². The second-order valence-corrected chi connectivity index (χ2v) is 4.85. The summed E-state index contributed by atoms with van der Waals surface area (Å²) in [6.07, 6.45) is 1.48. The van der Waals surface area contributed by atoms with E-state index in [2.05, 4.69) is 21.2 Å². The van der Waals surface area contributed by atoms with Crippen molar-refractivity contribution in [2.75, 3.05) is 13.2 Å². The molecular weight excluding hydrogens is 298 g/mol. The number of hydrogen-bond acceptors (Lipinski definition) is 3. The van der Waals surface area contributed by atoms with Crippen molar-refractivity contribution >= 4 is 21.9 Å². The van der Waals surface area contributed by atoms with Gasteiger partial charge in [0.05, 0.1) is 0 Å². The smallest absolute Gasteiger partial charge is 0.320 e. The van der Waals surface area contributed by atoms with Gasteiger partial charge in [-0.2, -0.15) is 0 Å². The van der Waals surface area contributed by atoms with E-state index < -0.39 is 12.0 Å². The van der Waals surface area contributed by atoms with Gasteiger partial charge in [0, 0.05) is 11.0 Å². The van der Waals surface area contributed by atoms with Gasteiger partial charge < -0.3 is 15.2 Å². The Morgan fingerprint density at radius 1 is 1.44 bits per heavy atom. The SMILES string of the molecule is CCCC(NCCOc1ccc(Br)cc1)C(=O)O. The lowest BCUT2D eigenvalue weighted by atomic mass is 10.2. The molecule has 1 unspecified atom stereocenters. The molecule has 0 fully saturated rings. The molecule has 0 heterocycles. The molecule has 0 aliphatic rings. The Kier molecular flexibility index (Phi) is 6.75. The zero-order valence-electron chi connectivity index (χ0n) is 10.4. The van der Waals surface area contributed by atoms with Gasteiger partial charge in [0.1, 0.15) is 18.4 Å². The highest BCUT2D eigenvalue weighted by Crippen LogP contribution is 2.15. The molecule has 0 aliphatic carbocycles. The number of carboxylic acid groups (broad SMARTS) is 1. The summed E-state index contributed by atoms with van der Waals surface area (Å²) < 4.78 is 6.49. The summed E-state index contributed by atoms with van der Waals surface area (Å²) in [5, 5.41) is 11.9. The Bertz CT molecular complexity index is 367. The van der Waals surface area contributed by atoms with E-state index >= 15 is 0 Å². The molecule has 0 bridgehead atoms. The Balaban J connectivity index is 2.25. The van der Waals surface area contributed by atoms with E-state index in [4.69, 9.17) is 9.84 Å². The number of nitrogens with one attached hydrogen (secondary N) is 1. The summed E-state index contributed by atoms with van der Waals surface area (Å²) >= 11 is 3.35. The van der Waals surface area contributed by atoms with Crippen molar-refractivity contribution in [1.82, 2.24) is 5.32 Å². The molecule has 100 valence electrons. The third-order valence-corrected chi connectivity index (χ3v) is 2.98. The predicted octanol–water partition coefficient (Wildman–Crippen LogP) is 2.67. The van der Waals surface area contributed by atoms with E-state index in [-0.39, 0.29) is 0 Å². The lowest BCUT2D eigenvalue weighted by molar-refractivity contribution is -0.139. The summed E-state index contributed by atoms with van der Waals surface area (Å²) in [6, 6.07) is 7.05. The first-order valence-corrected chi connectivity index (χ1v) is 6.77. The number of ether oxygens (including phenoxy) is 1. The molecule has 4 nitrogen and oxygen atoms in total. The fourth-order valence-electron chi connectivity index (χ4n) is 1.53. The normalized spacial score (nSPS) is 12.1. The molecule has 0 spiro atoms. The molecule has 0 saturated carbocycles. The highest BCUT2D eigenvalue weighted by molar-refractivity contribution is 9.10. The van der Waals surface area contributed by atoms with Crippen LogP contribution in [0.3, 0.4) is 0 Å². The summed E-state index contributed by atoms with van der Waals surface area (Å²) in [5.41, 5.74) is 0. The van der Waals surface area contributed by atoms with Crippen LogP contribution in [0.2, 0.25) is 0 Å². The van der Waals surface area contributed by atoms with E-state index in [1.54, 1.807) is 0 Å². The third kappa shape index (κ3) is 5.51. The van der Waals surface area contributed by atoms with Gasteiger partial charge in [-0.05, 0) is 30.7 Å². The molecule has 0 aliphatic heterocycles. The van der Waals surface area contributed by atoms with Crippen LogP contribution in [-0.4, -0.2) is 30.3 Å². The molecular formula is C13H18BrNO3.